The molecule has 2 bridgehead atoms. The molecule has 8 rings (SSSR count). The second-order valence-electron chi connectivity index (χ2n) is 12.0. The summed E-state index contributed by atoms with van der Waals surface area (Å²) >= 11 is 0. The molecule has 0 spiro atoms. The maximum atomic E-state index is 5.74. The van der Waals surface area contributed by atoms with Crippen LogP contribution >= 0.6 is 0 Å². The van der Waals surface area contributed by atoms with E-state index < -0.39 is 0 Å². The van der Waals surface area contributed by atoms with Gasteiger partial charge in [0.15, 0.2) is 5.65 Å². The van der Waals surface area contributed by atoms with E-state index in [9.17, 15) is 0 Å². The maximum absolute atomic E-state index is 5.74. The van der Waals surface area contributed by atoms with Crippen LogP contribution in [0.3, 0.4) is 0 Å². The van der Waals surface area contributed by atoms with Gasteiger partial charge in [-0.05, 0) is 68.7 Å². The number of morpholine rings is 1. The Morgan fingerprint density at radius 2 is 1.54 bits per heavy atom. The van der Waals surface area contributed by atoms with Gasteiger partial charge in [-0.2, -0.15) is 5.10 Å². The van der Waals surface area contributed by atoms with Crippen LogP contribution in [0.1, 0.15) is 41.8 Å². The third kappa shape index (κ3) is 4.35. The van der Waals surface area contributed by atoms with Gasteiger partial charge in [-0.3, -0.25) is 20.0 Å². The van der Waals surface area contributed by atoms with E-state index in [0.29, 0.717) is 18.1 Å². The van der Waals surface area contributed by atoms with Crippen molar-refractivity contribution < 1.29 is 4.74 Å². The molecule has 206 valence electrons. The summed E-state index contributed by atoms with van der Waals surface area (Å²) in [5.74, 6) is 0. The van der Waals surface area contributed by atoms with Crippen molar-refractivity contribution in [1.82, 2.24) is 30.0 Å². The molecule has 5 heterocycles. The fourth-order valence-electron chi connectivity index (χ4n) is 7.28. The number of H-pyrrole nitrogens is 1. The number of hydrogen-bond donors (Lipinski definition) is 1. The van der Waals surface area contributed by atoms with E-state index in [1.165, 1.54) is 36.0 Å². The molecule has 2 fully saturated rings. The molecular formula is C34H34N6O. The van der Waals surface area contributed by atoms with E-state index in [2.05, 4.69) is 73.6 Å². The highest BCUT2D eigenvalue weighted by molar-refractivity contribution is 5.93. The normalized spacial score (nSPS) is 22.2. The zero-order valence-corrected chi connectivity index (χ0v) is 23.6. The lowest BCUT2D eigenvalue weighted by molar-refractivity contribution is -0.148. The molecule has 0 radical (unpaired) electrons. The Balaban J connectivity index is 1.06. The van der Waals surface area contributed by atoms with Gasteiger partial charge in [-0.15, -0.1) is 0 Å². The molecular weight excluding hydrogens is 508 g/mol. The molecule has 0 amide bonds. The van der Waals surface area contributed by atoms with Gasteiger partial charge in [0.25, 0.3) is 0 Å². The quantitative estimate of drug-likeness (QED) is 0.277. The average molecular weight is 543 g/mol. The number of aromatic nitrogens is 5. The summed E-state index contributed by atoms with van der Waals surface area (Å²) in [7, 11) is 0. The number of benzene rings is 2. The lowest BCUT2D eigenvalue weighted by Crippen LogP contribution is -2.66. The van der Waals surface area contributed by atoms with Crippen molar-refractivity contribution in [2.75, 3.05) is 13.2 Å². The fourth-order valence-corrected chi connectivity index (χ4v) is 7.28. The van der Waals surface area contributed by atoms with E-state index in [-0.39, 0.29) is 0 Å². The van der Waals surface area contributed by atoms with Gasteiger partial charge in [0.05, 0.1) is 36.0 Å². The van der Waals surface area contributed by atoms with E-state index >= 15 is 0 Å². The van der Waals surface area contributed by atoms with Crippen molar-refractivity contribution in [3.8, 4) is 33.6 Å². The van der Waals surface area contributed by atoms with Crippen LogP contribution < -0.4 is 0 Å². The van der Waals surface area contributed by atoms with Gasteiger partial charge in [0.1, 0.15) is 0 Å². The first-order chi connectivity index (χ1) is 20.1. The zero-order chi connectivity index (χ0) is 27.5. The van der Waals surface area contributed by atoms with Crippen LogP contribution in [0.15, 0.2) is 60.9 Å². The van der Waals surface area contributed by atoms with E-state index in [0.717, 1.165) is 76.6 Å². The molecule has 2 aliphatic heterocycles. The average Bonchev–Trinajstić information content (AvgIpc) is 3.31. The predicted molar refractivity (Wildman–Crippen MR) is 161 cm³/mol. The molecule has 0 saturated carbocycles. The van der Waals surface area contributed by atoms with Gasteiger partial charge in [0, 0.05) is 52.6 Å². The minimum absolute atomic E-state index is 0.647. The summed E-state index contributed by atoms with van der Waals surface area (Å²) in [5.41, 5.74) is 12.0. The molecule has 7 nitrogen and oxygen atoms in total. The fraction of sp³-hybridized carbons (Fsp3) is 0.353. The number of nitrogens with one attached hydrogen (secondary N) is 1. The Kier molecular flexibility index (Phi) is 5.97. The van der Waals surface area contributed by atoms with Gasteiger partial charge in [-0.25, -0.2) is 4.98 Å². The number of aromatic amines is 1. The number of aryl methyl sites for hydroxylation is 4. The van der Waals surface area contributed by atoms with Crippen molar-refractivity contribution in [2.24, 2.45) is 0 Å². The Labute approximate surface area is 240 Å². The van der Waals surface area contributed by atoms with Crippen LogP contribution in [0.5, 0.6) is 0 Å². The zero-order valence-electron chi connectivity index (χ0n) is 23.6. The summed E-state index contributed by atoms with van der Waals surface area (Å²) in [5, 5.41) is 8.77. The lowest BCUT2D eigenvalue weighted by Gasteiger charge is -2.56. The van der Waals surface area contributed by atoms with E-state index in [1.807, 2.05) is 26.2 Å². The standard InChI is InChI=1S/C34H34N6O/c1-20-16-35-32(21(2)37-20)23-4-6-24(7-5-23)33-31-14-27(17-36-34(31)39-38-33)26-8-3-22-9-11-28(12-10-25(22)13-26)40-29-15-30(40)19-41-18-29/h3-8,13-14,16-17,28-30H,9-12,15,18-19H2,1-2H3,(H,36,38,39)/t28-,29?,30?/m0/s1. The molecule has 2 saturated heterocycles. The van der Waals surface area contributed by atoms with Crippen LogP contribution in [-0.4, -0.2) is 61.4 Å². The van der Waals surface area contributed by atoms with Gasteiger partial charge >= 0.3 is 0 Å². The monoisotopic (exact) mass is 542 g/mol. The molecule has 3 aliphatic rings. The summed E-state index contributed by atoms with van der Waals surface area (Å²) in [6, 6.07) is 19.7. The first-order valence-electron chi connectivity index (χ1n) is 14.8. The Hall–Kier alpha value is -3.94. The van der Waals surface area contributed by atoms with Crippen molar-refractivity contribution in [1.29, 1.82) is 0 Å². The van der Waals surface area contributed by atoms with Gasteiger partial charge < -0.3 is 4.74 Å². The number of nitrogens with zero attached hydrogens (tertiary/aromatic N) is 5. The molecule has 2 unspecified atom stereocenters. The van der Waals surface area contributed by atoms with Crippen LogP contribution in [-0.2, 0) is 17.6 Å². The molecule has 1 aliphatic carbocycles. The minimum Gasteiger partial charge on any atom is -0.378 e. The summed E-state index contributed by atoms with van der Waals surface area (Å²) in [6.07, 6.45) is 9.87. The summed E-state index contributed by atoms with van der Waals surface area (Å²) in [6.45, 7) is 5.81. The third-order valence-electron chi connectivity index (χ3n) is 9.39. The molecule has 1 N–H and O–H groups in total. The van der Waals surface area contributed by atoms with Crippen LogP contribution in [0.25, 0.3) is 44.7 Å². The van der Waals surface area contributed by atoms with E-state index in [4.69, 9.17) is 9.72 Å². The SMILES string of the molecule is Cc1cnc(-c2ccc(-c3[nH]nc4ncc(-c5ccc6c(c5)CC[C@@H](N5C7COCC5C7)CC6)cc34)cc2)c(C)n1. The summed E-state index contributed by atoms with van der Waals surface area (Å²) in [4.78, 5) is 16.7. The number of hydrogen-bond acceptors (Lipinski definition) is 6. The number of rotatable bonds is 4. The number of fused-ring (bicyclic) bond motifs is 4. The minimum atomic E-state index is 0.647. The smallest absolute Gasteiger partial charge is 0.181 e. The first-order valence-corrected chi connectivity index (χ1v) is 14.8. The summed E-state index contributed by atoms with van der Waals surface area (Å²) < 4.78 is 5.74. The first kappa shape index (κ1) is 24.8. The van der Waals surface area contributed by atoms with Crippen LogP contribution in [0.2, 0.25) is 0 Å². The Morgan fingerprint density at radius 3 is 2.32 bits per heavy atom. The van der Waals surface area contributed by atoms with Crippen molar-refractivity contribution >= 4 is 11.0 Å². The molecule has 5 aromatic rings. The molecule has 3 atom stereocenters. The van der Waals surface area contributed by atoms with Gasteiger partial charge in [0.2, 0.25) is 0 Å². The number of ether oxygens (including phenoxy) is 1. The van der Waals surface area contributed by atoms with Crippen molar-refractivity contribution in [2.45, 2.75) is 64.1 Å². The van der Waals surface area contributed by atoms with Crippen molar-refractivity contribution in [3.05, 3.63) is 83.4 Å². The second-order valence-corrected chi connectivity index (χ2v) is 12.0. The maximum Gasteiger partial charge on any atom is 0.181 e. The second kappa shape index (κ2) is 9.86. The molecule has 41 heavy (non-hydrogen) atoms. The Morgan fingerprint density at radius 1 is 0.780 bits per heavy atom. The lowest BCUT2D eigenvalue weighted by atomic mass is 9.87. The molecule has 7 heteroatoms. The topological polar surface area (TPSA) is 79.8 Å². The third-order valence-corrected chi connectivity index (χ3v) is 9.39. The van der Waals surface area contributed by atoms with Crippen LogP contribution in [0, 0.1) is 13.8 Å². The predicted octanol–water partition coefficient (Wildman–Crippen LogP) is 6.09. The van der Waals surface area contributed by atoms with Gasteiger partial charge in [-0.1, -0.05) is 42.5 Å². The highest BCUT2D eigenvalue weighted by Crippen LogP contribution is 2.38. The molecule has 2 aromatic carbocycles. The van der Waals surface area contributed by atoms with Crippen LogP contribution in [0.4, 0.5) is 0 Å². The number of pyridine rings is 1. The Bertz CT molecular complexity index is 1750. The largest absolute Gasteiger partial charge is 0.378 e. The molecule has 3 aromatic heterocycles. The highest BCUT2D eigenvalue weighted by atomic mass is 16.5. The van der Waals surface area contributed by atoms with E-state index in [1.54, 1.807) is 0 Å². The highest BCUT2D eigenvalue weighted by Gasteiger charge is 2.45. The van der Waals surface area contributed by atoms with Crippen molar-refractivity contribution in [3.63, 3.8) is 0 Å².